The molecule has 0 amide bonds. The minimum atomic E-state index is 0. The van der Waals surface area contributed by atoms with Crippen LogP contribution in [0.3, 0.4) is 0 Å². The molecule has 0 bridgehead atoms. The molecule has 0 saturated carbocycles. The topological polar surface area (TPSA) is 0 Å². The van der Waals surface area contributed by atoms with Gasteiger partial charge >= 0.3 is 166 Å². The van der Waals surface area contributed by atoms with Gasteiger partial charge in [0.15, 0.2) is 0 Å². The molecule has 1 aliphatic rings. The molecule has 0 N–H and O–H groups in total. The summed E-state index contributed by atoms with van der Waals surface area (Å²) in [6.07, 6.45) is 1.02. The van der Waals surface area contributed by atoms with Crippen molar-refractivity contribution in [2.45, 2.75) is 6.42 Å². The van der Waals surface area contributed by atoms with Crippen molar-refractivity contribution in [3.8, 4) is 11.1 Å². The maximum Gasteiger partial charge on any atom is -0.0240 e. The van der Waals surface area contributed by atoms with Crippen molar-refractivity contribution in [2.24, 2.45) is 0 Å². The Bertz CT molecular complexity index is 2570. The third-order valence-electron chi connectivity index (χ3n) is 9.44. The predicted molar refractivity (Wildman–Crippen MR) is 212 cm³/mol. The Hall–Kier alpha value is -3.94. The van der Waals surface area contributed by atoms with E-state index >= 15 is 0 Å². The van der Waals surface area contributed by atoms with E-state index in [2.05, 4.69) is 115 Å². The molecule has 0 heterocycles. The van der Waals surface area contributed by atoms with Gasteiger partial charge < -0.3 is 24.8 Å². The van der Waals surface area contributed by atoms with Crippen molar-refractivity contribution < 1.29 is 49.0 Å². The average molecular weight is 828 g/mol. The molecular formula is C47H30Cl4Zr-2. The van der Waals surface area contributed by atoms with E-state index in [1.54, 1.807) is 0 Å². The van der Waals surface area contributed by atoms with Crippen LogP contribution in [0.25, 0.3) is 54.2 Å². The van der Waals surface area contributed by atoms with Gasteiger partial charge in [0.1, 0.15) is 0 Å². The van der Waals surface area contributed by atoms with Gasteiger partial charge in [-0.2, -0.15) is 18.2 Å². The first kappa shape index (κ1) is 37.8. The Morgan fingerprint density at radius 1 is 0.519 bits per heavy atom. The SMILES string of the molecule is Clc1ccc([C](=[Zr+2])c2ccc(Cl)c3ccccc23)c2ccccc12.[Cl-].[Cl-].[c-]1cccc2c1c1c(c3ccccc32)-c2ccccc2C1.c1cc[cH-]c1. The molecule has 10 rings (SSSR count). The summed E-state index contributed by atoms with van der Waals surface area (Å²) < 4.78 is 1.31. The maximum absolute atomic E-state index is 6.38. The van der Waals surface area contributed by atoms with Crippen LogP contribution in [0, 0.1) is 6.07 Å². The van der Waals surface area contributed by atoms with E-state index in [4.69, 9.17) is 23.2 Å². The summed E-state index contributed by atoms with van der Waals surface area (Å²) in [7, 11) is 0. The van der Waals surface area contributed by atoms with E-state index in [0.29, 0.717) is 0 Å². The van der Waals surface area contributed by atoms with Gasteiger partial charge in [-0.1, -0.05) is 53.9 Å². The van der Waals surface area contributed by atoms with Gasteiger partial charge in [-0.3, -0.25) is 0 Å². The Morgan fingerprint density at radius 3 is 1.60 bits per heavy atom. The average Bonchev–Trinajstić information content (AvgIpc) is 3.89. The zero-order valence-corrected chi connectivity index (χ0v) is 33.4. The predicted octanol–water partition coefficient (Wildman–Crippen LogP) is 7.19. The summed E-state index contributed by atoms with van der Waals surface area (Å²) in [5.74, 6) is 0. The summed E-state index contributed by atoms with van der Waals surface area (Å²) in [6, 6.07) is 62.2. The molecule has 0 radical (unpaired) electrons. The van der Waals surface area contributed by atoms with Gasteiger partial charge in [0.2, 0.25) is 0 Å². The van der Waals surface area contributed by atoms with Crippen molar-refractivity contribution in [1.29, 1.82) is 0 Å². The van der Waals surface area contributed by atoms with Crippen molar-refractivity contribution in [3.63, 3.8) is 0 Å². The first-order valence-corrected chi connectivity index (χ1v) is 18.6. The summed E-state index contributed by atoms with van der Waals surface area (Å²) in [5.41, 5.74) is 8.15. The van der Waals surface area contributed by atoms with Gasteiger partial charge in [0.25, 0.3) is 0 Å². The van der Waals surface area contributed by atoms with Crippen LogP contribution in [-0.2, 0) is 30.7 Å². The van der Waals surface area contributed by atoms with Crippen molar-refractivity contribution in [2.75, 3.05) is 0 Å². The maximum atomic E-state index is 6.38. The van der Waals surface area contributed by atoms with E-state index in [1.807, 2.05) is 60.7 Å². The van der Waals surface area contributed by atoms with E-state index in [-0.39, 0.29) is 24.8 Å². The molecule has 0 saturated heterocycles. The standard InChI is InChI=1S/C21H12Cl2.C21H13.C5H5.2ClH.Zr/c22-20-11-9-14(16-5-1-3-7-18(16)20)13-15-10-12-21(23)19-8-4-2-6-17(15)19;1-2-8-15-14(7-1)13-20-18-11-4-3-9-16(18)17-10-5-6-12-19(17)21(15)20;1-2-4-5-3-1;;;/h1-12H;1-10,12H,13H2;1-5H;2*1H;/q;2*-1;;;+2/p-2. The number of rotatable bonds is 2. The second kappa shape index (κ2) is 16.8. The molecule has 0 aliphatic heterocycles. The zero-order chi connectivity index (χ0) is 34.0. The molecule has 0 atom stereocenters. The Kier molecular flexibility index (Phi) is 12.2. The Labute approximate surface area is 341 Å². The van der Waals surface area contributed by atoms with Crippen molar-refractivity contribution >= 4 is 69.5 Å². The van der Waals surface area contributed by atoms with Gasteiger partial charge in [-0.05, 0) is 28.5 Å². The van der Waals surface area contributed by atoms with Gasteiger partial charge in [-0.15, -0.1) is 40.6 Å². The normalized spacial score (nSPS) is 11.0. The fourth-order valence-electron chi connectivity index (χ4n) is 7.15. The molecule has 5 heteroatoms. The van der Waals surface area contributed by atoms with E-state index in [1.165, 1.54) is 93.1 Å². The van der Waals surface area contributed by atoms with Gasteiger partial charge in [0.05, 0.1) is 0 Å². The summed E-state index contributed by atoms with van der Waals surface area (Å²) in [4.78, 5) is 0. The monoisotopic (exact) mass is 824 g/mol. The molecule has 52 heavy (non-hydrogen) atoms. The molecule has 0 unspecified atom stereocenters. The van der Waals surface area contributed by atoms with Crippen LogP contribution in [0.5, 0.6) is 0 Å². The van der Waals surface area contributed by atoms with E-state index < -0.39 is 0 Å². The summed E-state index contributed by atoms with van der Waals surface area (Å²) in [6.45, 7) is 0. The molecule has 1 aliphatic carbocycles. The molecule has 252 valence electrons. The number of halogens is 4. The second-order valence-electron chi connectivity index (χ2n) is 12.3. The quantitative estimate of drug-likeness (QED) is 0.128. The van der Waals surface area contributed by atoms with Crippen LogP contribution in [0.1, 0.15) is 22.3 Å². The van der Waals surface area contributed by atoms with Crippen LogP contribution in [-0.4, -0.2) is 3.21 Å². The minimum absolute atomic E-state index is 0. The van der Waals surface area contributed by atoms with E-state index in [9.17, 15) is 0 Å². The largest absolute Gasteiger partial charge is 1.00 e. The van der Waals surface area contributed by atoms with E-state index in [0.717, 1.165) is 27.2 Å². The number of hydrogen-bond donors (Lipinski definition) is 0. The van der Waals surface area contributed by atoms with Crippen LogP contribution >= 0.6 is 23.2 Å². The Morgan fingerprint density at radius 2 is 1.02 bits per heavy atom. The Balaban J connectivity index is 0.000000153. The third-order valence-corrected chi connectivity index (χ3v) is 11.4. The first-order chi connectivity index (χ1) is 24.6. The first-order valence-electron chi connectivity index (χ1n) is 16.6. The van der Waals surface area contributed by atoms with Crippen LogP contribution in [0.2, 0.25) is 10.0 Å². The number of fused-ring (bicyclic) bond motifs is 10. The van der Waals surface area contributed by atoms with Crippen LogP contribution in [0.4, 0.5) is 0 Å². The molecule has 0 aromatic heterocycles. The fraction of sp³-hybridized carbons (Fsp3) is 0.0213. The molecule has 0 fully saturated rings. The smallest absolute Gasteiger partial charge is 0.0240 e. The molecular weight excluding hydrogens is 798 g/mol. The molecule has 0 spiro atoms. The third kappa shape index (κ3) is 7.19. The minimum Gasteiger partial charge on any atom is -1.00 e. The second-order valence-corrected chi connectivity index (χ2v) is 14.4. The van der Waals surface area contributed by atoms with Gasteiger partial charge in [0, 0.05) is 0 Å². The number of benzene rings is 8. The van der Waals surface area contributed by atoms with Gasteiger partial charge in [-0.25, -0.2) is 12.1 Å². The van der Waals surface area contributed by atoms with Crippen LogP contribution < -0.4 is 24.8 Å². The fourth-order valence-corrected chi connectivity index (χ4v) is 8.68. The van der Waals surface area contributed by atoms with Crippen molar-refractivity contribution in [1.82, 2.24) is 0 Å². The van der Waals surface area contributed by atoms with Crippen molar-refractivity contribution in [3.05, 3.63) is 208 Å². The zero-order valence-electron chi connectivity index (χ0n) is 27.9. The summed E-state index contributed by atoms with van der Waals surface area (Å²) in [5, 5.41) is 11.4. The molecule has 9 aromatic rings. The molecule has 9 aromatic carbocycles. The summed E-state index contributed by atoms with van der Waals surface area (Å²) >= 11 is 14.1. The molecule has 0 nitrogen and oxygen atoms in total. The number of hydrogen-bond acceptors (Lipinski definition) is 0. The van der Waals surface area contributed by atoms with Crippen LogP contribution in [0.15, 0.2) is 170 Å².